The number of rotatable bonds is 5. The number of halogens is 1. The van der Waals surface area contributed by atoms with Crippen molar-refractivity contribution in [3.63, 3.8) is 0 Å². The van der Waals surface area contributed by atoms with E-state index in [2.05, 4.69) is 20.4 Å². The number of hydrogen-bond donors (Lipinski definition) is 1. The molecule has 2 aromatic heterocycles. The number of alkyl halides is 1. The van der Waals surface area contributed by atoms with Crippen molar-refractivity contribution in [2.45, 2.75) is 25.1 Å². The molecule has 0 aliphatic carbocycles. The fourth-order valence-corrected chi connectivity index (χ4v) is 2.86. The van der Waals surface area contributed by atoms with E-state index in [1.807, 2.05) is 11.0 Å². The molecule has 2 atom stereocenters. The molecule has 1 amide bonds. The Bertz CT molecular complexity index is 635. The van der Waals surface area contributed by atoms with Gasteiger partial charge in [0.15, 0.2) is 5.82 Å². The van der Waals surface area contributed by atoms with Gasteiger partial charge in [0.1, 0.15) is 6.17 Å². The molecule has 1 aliphatic heterocycles. The Hall–Kier alpha value is -2.51. The first-order valence-electron chi connectivity index (χ1n) is 7.54. The fourth-order valence-electron chi connectivity index (χ4n) is 2.86. The van der Waals surface area contributed by atoms with E-state index in [1.54, 1.807) is 36.5 Å². The molecule has 0 saturated carbocycles. The molecule has 122 valence electrons. The van der Waals surface area contributed by atoms with Gasteiger partial charge in [0.25, 0.3) is 0 Å². The zero-order valence-corrected chi connectivity index (χ0v) is 12.9. The van der Waals surface area contributed by atoms with E-state index in [9.17, 15) is 9.18 Å². The van der Waals surface area contributed by atoms with Gasteiger partial charge in [-0.15, -0.1) is 5.10 Å². The Kier molecular flexibility index (Phi) is 4.50. The van der Waals surface area contributed by atoms with Crippen LogP contribution in [-0.2, 0) is 11.2 Å². The number of amides is 1. The summed E-state index contributed by atoms with van der Waals surface area (Å²) < 4.78 is 13.9. The van der Waals surface area contributed by atoms with Gasteiger partial charge in [-0.1, -0.05) is 0 Å². The number of aromatic amines is 1. The number of hydrogen-bond acceptors (Lipinski definition) is 5. The van der Waals surface area contributed by atoms with Crippen molar-refractivity contribution in [2.75, 3.05) is 25.0 Å². The lowest BCUT2D eigenvalue weighted by molar-refractivity contribution is -0.129. The fraction of sp³-hybridized carbons (Fsp3) is 0.467. The maximum absolute atomic E-state index is 13.9. The highest BCUT2D eigenvalue weighted by Crippen LogP contribution is 2.25. The van der Waals surface area contributed by atoms with Crippen LogP contribution in [0, 0.1) is 0 Å². The summed E-state index contributed by atoms with van der Waals surface area (Å²) in [6.45, 7) is 0.732. The number of nitrogens with zero attached hydrogens (tertiary/aromatic N) is 5. The molecule has 23 heavy (non-hydrogen) atoms. The van der Waals surface area contributed by atoms with Crippen molar-refractivity contribution in [1.82, 2.24) is 25.3 Å². The number of anilines is 1. The first-order valence-corrected chi connectivity index (χ1v) is 7.54. The van der Waals surface area contributed by atoms with Crippen molar-refractivity contribution in [2.24, 2.45) is 0 Å². The molecular formula is C15H19FN6O. The van der Waals surface area contributed by atoms with Crippen LogP contribution in [0.3, 0.4) is 0 Å². The predicted octanol–water partition coefficient (Wildman–Crippen LogP) is 0.818. The summed E-state index contributed by atoms with van der Waals surface area (Å²) in [4.78, 5) is 15.8. The Morgan fingerprint density at radius 1 is 1.48 bits per heavy atom. The maximum Gasteiger partial charge on any atom is 0.228 e. The molecular weight excluding hydrogens is 299 g/mol. The molecule has 3 rings (SSSR count). The third-order valence-electron chi connectivity index (χ3n) is 4.03. The van der Waals surface area contributed by atoms with Gasteiger partial charge in [0.2, 0.25) is 5.91 Å². The lowest BCUT2D eigenvalue weighted by Gasteiger charge is -2.28. The highest BCUT2D eigenvalue weighted by Gasteiger charge is 2.34. The van der Waals surface area contributed by atoms with E-state index in [4.69, 9.17) is 0 Å². The molecule has 2 aromatic rings. The monoisotopic (exact) mass is 318 g/mol. The SMILES string of the molecule is CN(C[C@@H]1C[C@H](F)CN1c1cccnn1)C(=O)Cc1ccn[nH]1. The average molecular weight is 318 g/mol. The highest BCUT2D eigenvalue weighted by atomic mass is 19.1. The molecule has 0 unspecified atom stereocenters. The molecule has 0 spiro atoms. The zero-order chi connectivity index (χ0) is 16.2. The second kappa shape index (κ2) is 6.72. The number of nitrogens with one attached hydrogen (secondary N) is 1. The Labute approximate surface area is 133 Å². The van der Waals surface area contributed by atoms with Crippen LogP contribution in [0.2, 0.25) is 0 Å². The van der Waals surface area contributed by atoms with Gasteiger partial charge in [-0.25, -0.2) is 4.39 Å². The molecule has 1 aliphatic rings. The molecule has 8 heteroatoms. The predicted molar refractivity (Wildman–Crippen MR) is 82.6 cm³/mol. The van der Waals surface area contributed by atoms with E-state index >= 15 is 0 Å². The largest absolute Gasteiger partial charge is 0.347 e. The van der Waals surface area contributed by atoms with Gasteiger partial charge in [0.05, 0.1) is 19.0 Å². The first kappa shape index (κ1) is 15.4. The van der Waals surface area contributed by atoms with Crippen LogP contribution < -0.4 is 4.90 Å². The first-order chi connectivity index (χ1) is 11.1. The molecule has 0 aromatic carbocycles. The molecule has 3 heterocycles. The Balaban J connectivity index is 1.64. The van der Waals surface area contributed by atoms with E-state index < -0.39 is 6.17 Å². The molecule has 0 radical (unpaired) electrons. The molecule has 1 fully saturated rings. The van der Waals surface area contributed by atoms with Crippen LogP contribution >= 0.6 is 0 Å². The average Bonchev–Trinajstić information content (AvgIpc) is 3.18. The Morgan fingerprint density at radius 3 is 3.04 bits per heavy atom. The van der Waals surface area contributed by atoms with E-state index in [-0.39, 0.29) is 24.9 Å². The topological polar surface area (TPSA) is 78.0 Å². The highest BCUT2D eigenvalue weighted by molar-refractivity contribution is 5.78. The van der Waals surface area contributed by atoms with Gasteiger partial charge in [0, 0.05) is 38.1 Å². The summed E-state index contributed by atoms with van der Waals surface area (Å²) in [6.07, 6.45) is 2.93. The number of H-pyrrole nitrogens is 1. The van der Waals surface area contributed by atoms with Crippen molar-refractivity contribution < 1.29 is 9.18 Å². The van der Waals surface area contributed by atoms with Crippen molar-refractivity contribution in [3.8, 4) is 0 Å². The van der Waals surface area contributed by atoms with Crippen molar-refractivity contribution >= 4 is 11.7 Å². The number of carbonyl (C=O) groups is 1. The molecule has 7 nitrogen and oxygen atoms in total. The van der Waals surface area contributed by atoms with Crippen LogP contribution in [0.5, 0.6) is 0 Å². The lowest BCUT2D eigenvalue weighted by atomic mass is 10.2. The normalized spacial score (nSPS) is 20.7. The zero-order valence-electron chi connectivity index (χ0n) is 12.9. The third kappa shape index (κ3) is 3.64. The number of carbonyl (C=O) groups excluding carboxylic acids is 1. The number of likely N-dealkylation sites (N-methyl/N-ethyl adjacent to an activating group) is 1. The minimum atomic E-state index is -0.918. The summed E-state index contributed by atoms with van der Waals surface area (Å²) in [5, 5.41) is 14.5. The van der Waals surface area contributed by atoms with Crippen molar-refractivity contribution in [3.05, 3.63) is 36.3 Å². The summed E-state index contributed by atoms with van der Waals surface area (Å²) in [5.74, 6) is 0.614. The van der Waals surface area contributed by atoms with E-state index in [0.29, 0.717) is 18.8 Å². The number of aromatic nitrogens is 4. The van der Waals surface area contributed by atoms with Gasteiger partial charge < -0.3 is 9.80 Å². The minimum Gasteiger partial charge on any atom is -0.347 e. The van der Waals surface area contributed by atoms with Crippen LogP contribution in [0.25, 0.3) is 0 Å². The van der Waals surface area contributed by atoms with Gasteiger partial charge >= 0.3 is 0 Å². The molecule has 1 N–H and O–H groups in total. The third-order valence-corrected chi connectivity index (χ3v) is 4.03. The lowest BCUT2D eigenvalue weighted by Crippen LogP contribution is -2.42. The summed E-state index contributed by atoms with van der Waals surface area (Å²) in [6, 6.07) is 5.25. The molecule has 0 bridgehead atoms. The molecule has 1 saturated heterocycles. The second-order valence-electron chi connectivity index (χ2n) is 5.75. The van der Waals surface area contributed by atoms with Crippen LogP contribution in [0.1, 0.15) is 12.1 Å². The van der Waals surface area contributed by atoms with Crippen LogP contribution in [-0.4, -0.2) is 63.6 Å². The smallest absolute Gasteiger partial charge is 0.228 e. The maximum atomic E-state index is 13.9. The standard InChI is InChI=1S/C15H19FN6O/c1-21(15(23)8-12-4-6-18-19-12)10-13-7-11(16)9-22(13)14-3-2-5-17-20-14/h2-6,11,13H,7-10H2,1H3,(H,18,19)/t11-,13-/m0/s1. The van der Waals surface area contributed by atoms with Gasteiger partial charge in [-0.3, -0.25) is 9.89 Å². The van der Waals surface area contributed by atoms with Gasteiger partial charge in [-0.2, -0.15) is 10.2 Å². The summed E-state index contributed by atoms with van der Waals surface area (Å²) >= 11 is 0. The quantitative estimate of drug-likeness (QED) is 0.883. The van der Waals surface area contributed by atoms with Crippen LogP contribution in [0.15, 0.2) is 30.6 Å². The van der Waals surface area contributed by atoms with E-state index in [0.717, 1.165) is 5.69 Å². The summed E-state index contributed by atoms with van der Waals surface area (Å²) in [7, 11) is 1.74. The van der Waals surface area contributed by atoms with E-state index in [1.165, 1.54) is 0 Å². The minimum absolute atomic E-state index is 0.0318. The second-order valence-corrected chi connectivity index (χ2v) is 5.75. The van der Waals surface area contributed by atoms with Gasteiger partial charge in [-0.05, 0) is 18.2 Å². The van der Waals surface area contributed by atoms with Crippen LogP contribution in [0.4, 0.5) is 10.2 Å². The summed E-state index contributed by atoms with van der Waals surface area (Å²) in [5.41, 5.74) is 0.766. The van der Waals surface area contributed by atoms with Crippen molar-refractivity contribution in [1.29, 1.82) is 0 Å². The Morgan fingerprint density at radius 2 is 2.35 bits per heavy atom.